The van der Waals surface area contributed by atoms with Gasteiger partial charge in [0.1, 0.15) is 5.56 Å². The van der Waals surface area contributed by atoms with E-state index in [1.54, 1.807) is 17.1 Å². The molecule has 0 bridgehead atoms. The maximum Gasteiger partial charge on any atom is 0.289 e. The third-order valence-corrected chi connectivity index (χ3v) is 3.10. The van der Waals surface area contributed by atoms with Crippen LogP contribution in [0.15, 0.2) is 30.6 Å². The number of aryl methyl sites for hydroxylation is 1. The molecule has 0 fully saturated rings. The van der Waals surface area contributed by atoms with Crippen LogP contribution in [0.3, 0.4) is 0 Å². The van der Waals surface area contributed by atoms with Crippen molar-refractivity contribution in [1.82, 2.24) is 15.1 Å². The quantitative estimate of drug-likeness (QED) is 0.635. The molecule has 0 radical (unpaired) electrons. The van der Waals surface area contributed by atoms with E-state index in [1.807, 2.05) is 6.92 Å². The van der Waals surface area contributed by atoms with Crippen LogP contribution in [0.1, 0.15) is 22.8 Å². The zero-order valence-corrected chi connectivity index (χ0v) is 12.1. The van der Waals surface area contributed by atoms with Gasteiger partial charge in [-0.2, -0.15) is 5.10 Å². The van der Waals surface area contributed by atoms with E-state index in [1.165, 1.54) is 0 Å². The molecular weight excluding hydrogens is 306 g/mol. The summed E-state index contributed by atoms with van der Waals surface area (Å²) in [7, 11) is 0. The van der Waals surface area contributed by atoms with Crippen LogP contribution in [0.4, 0.5) is 11.4 Å². The Kier molecular flexibility index (Phi) is 4.64. The van der Waals surface area contributed by atoms with Crippen LogP contribution < -0.4 is 5.32 Å². The summed E-state index contributed by atoms with van der Waals surface area (Å²) >= 11 is 0. The van der Waals surface area contributed by atoms with Crippen LogP contribution in [-0.4, -0.2) is 25.5 Å². The smallest absolute Gasteiger partial charge is 0.289 e. The fourth-order valence-corrected chi connectivity index (χ4v) is 1.92. The SMILES string of the molecule is CCn1cc(CNC(=O)c2ccc([N+](=O)[O-])cc2[N+](=O)[O-])cn1. The molecule has 23 heavy (non-hydrogen) atoms. The van der Waals surface area contributed by atoms with Crippen molar-refractivity contribution in [3.05, 3.63) is 61.9 Å². The Balaban J connectivity index is 2.17. The van der Waals surface area contributed by atoms with Gasteiger partial charge in [0.05, 0.1) is 22.1 Å². The van der Waals surface area contributed by atoms with Gasteiger partial charge in [0.15, 0.2) is 0 Å². The molecule has 0 unspecified atom stereocenters. The maximum absolute atomic E-state index is 12.1. The lowest BCUT2D eigenvalue weighted by molar-refractivity contribution is -0.394. The zero-order chi connectivity index (χ0) is 17.0. The number of carbonyl (C=O) groups is 1. The van der Waals surface area contributed by atoms with Crippen molar-refractivity contribution >= 4 is 17.3 Å². The minimum atomic E-state index is -0.822. The van der Waals surface area contributed by atoms with Gasteiger partial charge in [-0.3, -0.25) is 29.7 Å². The second kappa shape index (κ2) is 6.64. The van der Waals surface area contributed by atoms with Crippen molar-refractivity contribution in [1.29, 1.82) is 0 Å². The summed E-state index contributed by atoms with van der Waals surface area (Å²) in [6.07, 6.45) is 3.32. The van der Waals surface area contributed by atoms with E-state index in [-0.39, 0.29) is 12.1 Å². The fourth-order valence-electron chi connectivity index (χ4n) is 1.92. The minimum absolute atomic E-state index is 0.146. The molecule has 1 N–H and O–H groups in total. The topological polar surface area (TPSA) is 133 Å². The first kappa shape index (κ1) is 16.1. The van der Waals surface area contributed by atoms with E-state index >= 15 is 0 Å². The van der Waals surface area contributed by atoms with Gasteiger partial charge in [0, 0.05) is 30.9 Å². The van der Waals surface area contributed by atoms with E-state index in [9.17, 15) is 25.0 Å². The van der Waals surface area contributed by atoms with Crippen molar-refractivity contribution in [3.63, 3.8) is 0 Å². The lowest BCUT2D eigenvalue weighted by Crippen LogP contribution is -2.23. The van der Waals surface area contributed by atoms with Gasteiger partial charge < -0.3 is 5.32 Å². The van der Waals surface area contributed by atoms with E-state index in [0.717, 1.165) is 23.8 Å². The van der Waals surface area contributed by atoms with Gasteiger partial charge in [0.2, 0.25) is 0 Å². The highest BCUT2D eigenvalue weighted by atomic mass is 16.6. The average Bonchev–Trinajstić information content (AvgIpc) is 2.99. The van der Waals surface area contributed by atoms with Gasteiger partial charge in [-0.1, -0.05) is 0 Å². The molecule has 0 spiro atoms. The van der Waals surface area contributed by atoms with Crippen molar-refractivity contribution < 1.29 is 14.6 Å². The van der Waals surface area contributed by atoms with Crippen molar-refractivity contribution in [2.45, 2.75) is 20.0 Å². The monoisotopic (exact) mass is 319 g/mol. The number of carbonyl (C=O) groups excluding carboxylic acids is 1. The molecule has 120 valence electrons. The third-order valence-electron chi connectivity index (χ3n) is 3.10. The Morgan fingerprint density at radius 3 is 2.61 bits per heavy atom. The molecule has 0 aliphatic rings. The number of aromatic nitrogens is 2. The van der Waals surface area contributed by atoms with Gasteiger partial charge >= 0.3 is 0 Å². The highest BCUT2D eigenvalue weighted by Gasteiger charge is 2.23. The molecule has 0 saturated heterocycles. The van der Waals surface area contributed by atoms with Gasteiger partial charge in [-0.15, -0.1) is 0 Å². The normalized spacial score (nSPS) is 10.3. The average molecular weight is 319 g/mol. The largest absolute Gasteiger partial charge is 0.348 e. The van der Waals surface area contributed by atoms with Crippen molar-refractivity contribution in [2.75, 3.05) is 0 Å². The van der Waals surface area contributed by atoms with Crippen LogP contribution in [0.2, 0.25) is 0 Å². The Labute approximate surface area is 130 Å². The molecule has 0 aliphatic carbocycles. The van der Waals surface area contributed by atoms with Crippen molar-refractivity contribution in [3.8, 4) is 0 Å². The summed E-state index contributed by atoms with van der Waals surface area (Å²) < 4.78 is 1.68. The Morgan fingerprint density at radius 1 is 1.30 bits per heavy atom. The van der Waals surface area contributed by atoms with Gasteiger partial charge in [0.25, 0.3) is 17.3 Å². The summed E-state index contributed by atoms with van der Waals surface area (Å²) in [5.41, 5.74) is -0.549. The molecule has 10 heteroatoms. The lowest BCUT2D eigenvalue weighted by atomic mass is 10.1. The number of amides is 1. The Hall–Kier alpha value is -3.30. The number of hydrogen-bond acceptors (Lipinski definition) is 6. The minimum Gasteiger partial charge on any atom is -0.348 e. The molecule has 0 atom stereocenters. The van der Waals surface area contributed by atoms with Crippen LogP contribution in [0, 0.1) is 20.2 Å². The molecule has 1 aromatic carbocycles. The second-order valence-corrected chi connectivity index (χ2v) is 4.60. The van der Waals surface area contributed by atoms with E-state index in [4.69, 9.17) is 0 Å². The first-order valence-electron chi connectivity index (χ1n) is 6.64. The standard InChI is InChI=1S/C13H13N5O5/c1-2-16-8-9(7-15-16)6-14-13(19)11-4-3-10(17(20)21)5-12(11)18(22)23/h3-5,7-8H,2,6H2,1H3,(H,14,19). The molecule has 10 nitrogen and oxygen atoms in total. The number of nitro groups is 2. The molecule has 2 rings (SSSR count). The maximum atomic E-state index is 12.1. The van der Waals surface area contributed by atoms with E-state index in [2.05, 4.69) is 10.4 Å². The summed E-state index contributed by atoms with van der Waals surface area (Å²) in [5.74, 6) is -0.684. The predicted molar refractivity (Wildman–Crippen MR) is 78.8 cm³/mol. The van der Waals surface area contributed by atoms with E-state index in [0.29, 0.717) is 6.54 Å². The zero-order valence-electron chi connectivity index (χ0n) is 12.1. The third kappa shape index (κ3) is 3.67. The number of hydrogen-bond donors (Lipinski definition) is 1. The number of non-ortho nitro benzene ring substituents is 1. The molecule has 2 aromatic rings. The first-order chi connectivity index (χ1) is 10.9. The lowest BCUT2D eigenvalue weighted by Gasteiger charge is -2.04. The Morgan fingerprint density at radius 2 is 2.04 bits per heavy atom. The molecule has 0 aliphatic heterocycles. The molecular formula is C13H13N5O5. The molecule has 0 saturated carbocycles. The predicted octanol–water partition coefficient (Wildman–Crippen LogP) is 1.65. The summed E-state index contributed by atoms with van der Waals surface area (Å²) in [6, 6.07) is 2.89. The highest BCUT2D eigenvalue weighted by molar-refractivity contribution is 5.98. The highest BCUT2D eigenvalue weighted by Crippen LogP contribution is 2.24. The number of nitrogens with one attached hydrogen (secondary N) is 1. The second-order valence-electron chi connectivity index (χ2n) is 4.60. The van der Waals surface area contributed by atoms with Gasteiger partial charge in [-0.05, 0) is 13.0 Å². The summed E-state index contributed by atoms with van der Waals surface area (Å²) in [5, 5.41) is 28.3. The van der Waals surface area contributed by atoms with Crippen LogP contribution in [0.5, 0.6) is 0 Å². The number of nitro benzene ring substituents is 2. The Bertz CT molecular complexity index is 770. The summed E-state index contributed by atoms with van der Waals surface area (Å²) in [4.78, 5) is 32.2. The molecule has 1 amide bonds. The number of nitrogens with zero attached hydrogens (tertiary/aromatic N) is 4. The van der Waals surface area contributed by atoms with Gasteiger partial charge in [-0.25, -0.2) is 0 Å². The summed E-state index contributed by atoms with van der Waals surface area (Å²) in [6.45, 7) is 2.74. The van der Waals surface area contributed by atoms with Crippen LogP contribution in [0.25, 0.3) is 0 Å². The van der Waals surface area contributed by atoms with Crippen LogP contribution in [-0.2, 0) is 13.1 Å². The fraction of sp³-hybridized carbons (Fsp3) is 0.231. The molecule has 1 aromatic heterocycles. The number of benzene rings is 1. The first-order valence-corrected chi connectivity index (χ1v) is 6.64. The molecule has 1 heterocycles. The van der Waals surface area contributed by atoms with Crippen LogP contribution >= 0.6 is 0 Å². The van der Waals surface area contributed by atoms with Crippen molar-refractivity contribution in [2.24, 2.45) is 0 Å². The van der Waals surface area contributed by atoms with E-state index < -0.39 is 27.1 Å². The number of rotatable bonds is 6.